The largest absolute Gasteiger partial charge is 0.339 e. The Balaban J connectivity index is 1.76. The average Bonchev–Trinajstić information content (AvgIpc) is 2.98. The zero-order chi connectivity index (χ0) is 16.2. The Morgan fingerprint density at radius 2 is 2.22 bits per heavy atom. The Morgan fingerprint density at radius 3 is 2.91 bits per heavy atom. The maximum Gasteiger partial charge on any atom is 0.253 e. The molecule has 1 aromatic carbocycles. The number of nitrogens with zero attached hydrogens (tertiary/aromatic N) is 4. The minimum atomic E-state index is -0.470. The Labute approximate surface area is 135 Å². The van der Waals surface area contributed by atoms with E-state index in [2.05, 4.69) is 17.0 Å². The van der Waals surface area contributed by atoms with Crippen LogP contribution < -0.4 is 0 Å². The number of benzene rings is 1. The molecule has 2 aromatic rings. The van der Waals surface area contributed by atoms with Gasteiger partial charge in [-0.2, -0.15) is 5.10 Å². The van der Waals surface area contributed by atoms with Gasteiger partial charge in [-0.25, -0.2) is 14.1 Å². The van der Waals surface area contributed by atoms with Crippen LogP contribution in [0, 0.1) is 11.7 Å². The SMILES string of the molecule is CC[C@H]1CCCN(C(=O)c2ccc(-n3cncn3)c(F)c2)CC1. The van der Waals surface area contributed by atoms with Crippen molar-refractivity contribution in [1.29, 1.82) is 0 Å². The fraction of sp³-hybridized carbons (Fsp3) is 0.471. The summed E-state index contributed by atoms with van der Waals surface area (Å²) < 4.78 is 15.6. The quantitative estimate of drug-likeness (QED) is 0.874. The molecular weight excluding hydrogens is 295 g/mol. The second-order valence-electron chi connectivity index (χ2n) is 6.00. The van der Waals surface area contributed by atoms with Gasteiger partial charge in [-0.15, -0.1) is 0 Å². The summed E-state index contributed by atoms with van der Waals surface area (Å²) in [5.41, 5.74) is 0.683. The van der Waals surface area contributed by atoms with Gasteiger partial charge in [0.2, 0.25) is 0 Å². The fourth-order valence-electron chi connectivity index (χ4n) is 3.12. The molecule has 1 saturated heterocycles. The van der Waals surface area contributed by atoms with Gasteiger partial charge in [-0.3, -0.25) is 4.79 Å². The molecule has 0 unspecified atom stereocenters. The van der Waals surface area contributed by atoms with E-state index in [0.717, 1.165) is 32.4 Å². The summed E-state index contributed by atoms with van der Waals surface area (Å²) in [5, 5.41) is 3.91. The third-order valence-corrected chi connectivity index (χ3v) is 4.57. The Kier molecular flexibility index (Phi) is 4.69. The van der Waals surface area contributed by atoms with Crippen LogP contribution in [0.15, 0.2) is 30.9 Å². The number of likely N-dealkylation sites (tertiary alicyclic amines) is 1. The maximum atomic E-state index is 14.3. The lowest BCUT2D eigenvalue weighted by Gasteiger charge is -2.21. The van der Waals surface area contributed by atoms with E-state index < -0.39 is 5.82 Å². The molecule has 2 heterocycles. The highest BCUT2D eigenvalue weighted by Gasteiger charge is 2.21. The first-order valence-electron chi connectivity index (χ1n) is 8.13. The summed E-state index contributed by atoms with van der Waals surface area (Å²) in [4.78, 5) is 18.3. The molecule has 3 rings (SSSR count). The predicted molar refractivity (Wildman–Crippen MR) is 84.9 cm³/mol. The van der Waals surface area contributed by atoms with Gasteiger partial charge < -0.3 is 4.90 Å². The Morgan fingerprint density at radius 1 is 1.35 bits per heavy atom. The number of carbonyl (C=O) groups excluding carboxylic acids is 1. The normalized spacial score (nSPS) is 18.7. The summed E-state index contributed by atoms with van der Waals surface area (Å²) in [6.45, 7) is 3.70. The van der Waals surface area contributed by atoms with Crippen molar-refractivity contribution in [3.05, 3.63) is 42.2 Å². The molecule has 6 heteroatoms. The standard InChI is InChI=1S/C17H21FN4O/c1-2-13-4-3-8-21(9-7-13)17(23)14-5-6-16(15(18)10-14)22-12-19-11-20-22/h5-6,10-13H,2-4,7-9H2,1H3/t13-/m0/s1. The van der Waals surface area contributed by atoms with Crippen LogP contribution >= 0.6 is 0 Å². The van der Waals surface area contributed by atoms with E-state index in [4.69, 9.17) is 0 Å². The summed E-state index contributed by atoms with van der Waals surface area (Å²) in [6, 6.07) is 4.52. The first-order valence-corrected chi connectivity index (χ1v) is 8.13. The molecule has 1 aromatic heterocycles. The van der Waals surface area contributed by atoms with Crippen molar-refractivity contribution in [3.63, 3.8) is 0 Å². The van der Waals surface area contributed by atoms with E-state index >= 15 is 0 Å². The molecule has 1 fully saturated rings. The van der Waals surface area contributed by atoms with E-state index in [1.165, 1.54) is 29.8 Å². The van der Waals surface area contributed by atoms with Gasteiger partial charge in [0, 0.05) is 18.7 Å². The highest BCUT2D eigenvalue weighted by atomic mass is 19.1. The molecule has 0 aliphatic carbocycles. The molecule has 0 saturated carbocycles. The van der Waals surface area contributed by atoms with Gasteiger partial charge >= 0.3 is 0 Å². The van der Waals surface area contributed by atoms with Crippen molar-refractivity contribution in [2.24, 2.45) is 5.92 Å². The number of hydrogen-bond donors (Lipinski definition) is 0. The van der Waals surface area contributed by atoms with Crippen LogP contribution in [-0.4, -0.2) is 38.7 Å². The molecule has 1 amide bonds. The lowest BCUT2D eigenvalue weighted by atomic mass is 9.98. The Hall–Kier alpha value is -2.24. The third-order valence-electron chi connectivity index (χ3n) is 4.57. The van der Waals surface area contributed by atoms with E-state index in [1.807, 2.05) is 4.90 Å². The molecule has 122 valence electrons. The van der Waals surface area contributed by atoms with E-state index in [-0.39, 0.29) is 5.91 Å². The summed E-state index contributed by atoms with van der Waals surface area (Å²) >= 11 is 0. The molecular formula is C17H21FN4O. The molecule has 1 aliphatic rings. The minimum Gasteiger partial charge on any atom is -0.339 e. The second-order valence-corrected chi connectivity index (χ2v) is 6.00. The highest BCUT2D eigenvalue weighted by Crippen LogP contribution is 2.22. The number of rotatable bonds is 3. The van der Waals surface area contributed by atoms with Crippen LogP contribution in [0.3, 0.4) is 0 Å². The first kappa shape index (κ1) is 15.6. The van der Waals surface area contributed by atoms with Crippen LogP contribution in [0.2, 0.25) is 0 Å². The fourth-order valence-corrected chi connectivity index (χ4v) is 3.12. The maximum absolute atomic E-state index is 14.3. The molecule has 0 N–H and O–H groups in total. The van der Waals surface area contributed by atoms with Gasteiger partial charge in [-0.05, 0) is 43.4 Å². The predicted octanol–water partition coefficient (Wildman–Crippen LogP) is 3.06. The zero-order valence-corrected chi connectivity index (χ0v) is 13.3. The van der Waals surface area contributed by atoms with Gasteiger partial charge in [0.15, 0.2) is 0 Å². The van der Waals surface area contributed by atoms with E-state index in [1.54, 1.807) is 12.1 Å². The Bertz CT molecular complexity index is 671. The molecule has 23 heavy (non-hydrogen) atoms. The van der Waals surface area contributed by atoms with Gasteiger partial charge in [0.05, 0.1) is 0 Å². The topological polar surface area (TPSA) is 51.0 Å². The van der Waals surface area contributed by atoms with E-state index in [9.17, 15) is 9.18 Å². The van der Waals surface area contributed by atoms with Crippen molar-refractivity contribution in [2.45, 2.75) is 32.6 Å². The van der Waals surface area contributed by atoms with Gasteiger partial charge in [0.25, 0.3) is 5.91 Å². The lowest BCUT2D eigenvalue weighted by Crippen LogP contribution is -2.32. The number of amides is 1. The second kappa shape index (κ2) is 6.89. The van der Waals surface area contributed by atoms with Crippen molar-refractivity contribution in [1.82, 2.24) is 19.7 Å². The van der Waals surface area contributed by atoms with Crippen molar-refractivity contribution in [2.75, 3.05) is 13.1 Å². The van der Waals surface area contributed by atoms with Crippen LogP contribution in [0.1, 0.15) is 43.0 Å². The van der Waals surface area contributed by atoms with Crippen molar-refractivity contribution in [3.8, 4) is 5.69 Å². The highest BCUT2D eigenvalue weighted by molar-refractivity contribution is 5.94. The van der Waals surface area contributed by atoms with Crippen molar-refractivity contribution < 1.29 is 9.18 Å². The minimum absolute atomic E-state index is 0.0919. The molecule has 5 nitrogen and oxygen atoms in total. The molecule has 0 bridgehead atoms. The molecule has 0 spiro atoms. The lowest BCUT2D eigenvalue weighted by molar-refractivity contribution is 0.0759. The van der Waals surface area contributed by atoms with E-state index in [0.29, 0.717) is 17.2 Å². The van der Waals surface area contributed by atoms with Gasteiger partial charge in [-0.1, -0.05) is 13.3 Å². The van der Waals surface area contributed by atoms with Crippen LogP contribution in [0.5, 0.6) is 0 Å². The number of hydrogen-bond acceptors (Lipinski definition) is 3. The smallest absolute Gasteiger partial charge is 0.253 e. The molecule has 1 aliphatic heterocycles. The van der Waals surface area contributed by atoms with Crippen LogP contribution in [-0.2, 0) is 0 Å². The number of halogens is 1. The molecule has 0 radical (unpaired) electrons. The summed E-state index contributed by atoms with van der Waals surface area (Å²) in [5.74, 6) is 0.132. The van der Waals surface area contributed by atoms with Gasteiger partial charge in [0.1, 0.15) is 24.2 Å². The number of aromatic nitrogens is 3. The third kappa shape index (κ3) is 3.41. The monoisotopic (exact) mass is 316 g/mol. The zero-order valence-electron chi connectivity index (χ0n) is 13.3. The number of carbonyl (C=O) groups is 1. The van der Waals surface area contributed by atoms with Crippen molar-refractivity contribution >= 4 is 5.91 Å². The summed E-state index contributed by atoms with van der Waals surface area (Å²) in [6.07, 6.45) is 7.15. The van der Waals surface area contributed by atoms with Crippen LogP contribution in [0.25, 0.3) is 5.69 Å². The molecule has 1 atom stereocenters. The summed E-state index contributed by atoms with van der Waals surface area (Å²) in [7, 11) is 0. The first-order chi connectivity index (χ1) is 11.2. The average molecular weight is 316 g/mol. The van der Waals surface area contributed by atoms with Crippen LogP contribution in [0.4, 0.5) is 4.39 Å².